The number of aromatic carboxylic acids is 1. The van der Waals surface area contributed by atoms with E-state index in [1.54, 1.807) is 0 Å². The molecule has 0 bridgehead atoms. The summed E-state index contributed by atoms with van der Waals surface area (Å²) in [4.78, 5) is 25.5. The summed E-state index contributed by atoms with van der Waals surface area (Å²) in [6.07, 6.45) is 3.32. The van der Waals surface area contributed by atoms with Gasteiger partial charge in [0.1, 0.15) is 17.1 Å². The lowest BCUT2D eigenvalue weighted by molar-refractivity contribution is 0.0695. The minimum atomic E-state index is -1.50. The van der Waals surface area contributed by atoms with Crippen LogP contribution in [0.15, 0.2) is 22.4 Å². The molecule has 5 N–H and O–H groups in total. The second kappa shape index (κ2) is 7.35. The van der Waals surface area contributed by atoms with Gasteiger partial charge in [0.15, 0.2) is 11.6 Å². The SMILES string of the molecule is NC/C(F)=C1/CCCN(c2c(F)c(N)c3c(=O)c(C(=O)O)cn(C4CC4)c3c2F)C1. The Morgan fingerprint density at radius 1 is 1.27 bits per heavy atom. The molecular weight excluding hydrogens is 401 g/mol. The monoisotopic (exact) mass is 422 g/mol. The highest BCUT2D eigenvalue weighted by Crippen LogP contribution is 2.42. The molecule has 2 heterocycles. The van der Waals surface area contributed by atoms with E-state index < -0.39 is 51.2 Å². The quantitative estimate of drug-likeness (QED) is 0.653. The predicted octanol–water partition coefficient (Wildman–Crippen LogP) is 2.68. The molecule has 0 atom stereocenters. The fourth-order valence-electron chi connectivity index (χ4n) is 4.05. The summed E-state index contributed by atoms with van der Waals surface area (Å²) < 4.78 is 46.3. The van der Waals surface area contributed by atoms with Crippen LogP contribution < -0.4 is 21.8 Å². The molecule has 30 heavy (non-hydrogen) atoms. The van der Waals surface area contributed by atoms with E-state index in [0.717, 1.165) is 6.20 Å². The number of halogens is 3. The molecule has 0 radical (unpaired) electrons. The molecule has 160 valence electrons. The molecule has 0 spiro atoms. The molecular formula is C20H21F3N4O3. The number of aromatic nitrogens is 1. The van der Waals surface area contributed by atoms with Crippen molar-refractivity contribution in [1.29, 1.82) is 0 Å². The number of hydrogen-bond acceptors (Lipinski definition) is 5. The number of hydrogen-bond donors (Lipinski definition) is 3. The molecule has 2 aromatic rings. The number of carboxylic acid groups (broad SMARTS) is 1. The minimum absolute atomic E-state index is 0.0529. The van der Waals surface area contributed by atoms with Crippen LogP contribution in [0, 0.1) is 11.6 Å². The van der Waals surface area contributed by atoms with E-state index in [1.807, 2.05) is 0 Å². The molecule has 10 heteroatoms. The Balaban J connectivity index is 2.00. The highest BCUT2D eigenvalue weighted by atomic mass is 19.1. The van der Waals surface area contributed by atoms with E-state index in [0.29, 0.717) is 31.3 Å². The highest BCUT2D eigenvalue weighted by molar-refractivity contribution is 5.99. The fourth-order valence-corrected chi connectivity index (χ4v) is 4.05. The third-order valence-electron chi connectivity index (χ3n) is 5.70. The lowest BCUT2D eigenvalue weighted by Gasteiger charge is -2.32. The number of rotatable bonds is 4. The van der Waals surface area contributed by atoms with Crippen molar-refractivity contribution in [3.63, 3.8) is 0 Å². The Hall–Kier alpha value is -3.01. The summed E-state index contributed by atoms with van der Waals surface area (Å²) in [5, 5.41) is 8.86. The predicted molar refractivity (Wildman–Crippen MR) is 106 cm³/mol. The van der Waals surface area contributed by atoms with Crippen LogP contribution in [0.3, 0.4) is 0 Å². The molecule has 1 aromatic carbocycles. The van der Waals surface area contributed by atoms with Crippen LogP contribution in [0.2, 0.25) is 0 Å². The van der Waals surface area contributed by atoms with Crippen LogP contribution in [-0.2, 0) is 0 Å². The largest absolute Gasteiger partial charge is 0.477 e. The Bertz CT molecular complexity index is 1150. The number of piperidine rings is 1. The van der Waals surface area contributed by atoms with Crippen LogP contribution in [0.1, 0.15) is 42.1 Å². The zero-order valence-electron chi connectivity index (χ0n) is 16.1. The van der Waals surface area contributed by atoms with Gasteiger partial charge in [-0.2, -0.15) is 0 Å². The van der Waals surface area contributed by atoms with E-state index in [1.165, 1.54) is 9.47 Å². The van der Waals surface area contributed by atoms with Gasteiger partial charge in [-0.3, -0.25) is 4.79 Å². The number of fused-ring (bicyclic) bond motifs is 1. The van der Waals surface area contributed by atoms with Crippen molar-refractivity contribution >= 4 is 28.2 Å². The molecule has 0 unspecified atom stereocenters. The summed E-state index contributed by atoms with van der Waals surface area (Å²) in [5.41, 5.74) is 8.70. The maximum Gasteiger partial charge on any atom is 0.341 e. The van der Waals surface area contributed by atoms with Crippen molar-refractivity contribution in [2.75, 3.05) is 30.3 Å². The van der Waals surface area contributed by atoms with Crippen molar-refractivity contribution in [2.45, 2.75) is 31.7 Å². The van der Waals surface area contributed by atoms with Crippen molar-refractivity contribution in [3.05, 3.63) is 45.0 Å². The fraction of sp³-hybridized carbons (Fsp3) is 0.400. The molecule has 4 rings (SSSR count). The first-order valence-corrected chi connectivity index (χ1v) is 9.66. The Morgan fingerprint density at radius 2 is 1.97 bits per heavy atom. The lowest BCUT2D eigenvalue weighted by Crippen LogP contribution is -2.34. The number of carboxylic acids is 1. The number of pyridine rings is 1. The Labute approximate surface area is 169 Å². The zero-order chi connectivity index (χ0) is 21.7. The van der Waals surface area contributed by atoms with Crippen molar-refractivity contribution in [1.82, 2.24) is 4.57 Å². The molecule has 2 fully saturated rings. The van der Waals surface area contributed by atoms with Crippen molar-refractivity contribution in [3.8, 4) is 0 Å². The number of nitrogen functional groups attached to an aromatic ring is 1. The highest BCUT2D eigenvalue weighted by Gasteiger charge is 2.33. The maximum atomic E-state index is 15.7. The maximum absolute atomic E-state index is 15.7. The average molecular weight is 422 g/mol. The van der Waals surface area contributed by atoms with Gasteiger partial charge in [0.05, 0.1) is 16.6 Å². The topological polar surface area (TPSA) is 115 Å². The van der Waals surface area contributed by atoms with E-state index in [4.69, 9.17) is 11.5 Å². The second-order valence-electron chi connectivity index (χ2n) is 7.67. The normalized spacial score (nSPS) is 18.7. The van der Waals surface area contributed by atoms with Gasteiger partial charge in [-0.25, -0.2) is 18.0 Å². The summed E-state index contributed by atoms with van der Waals surface area (Å²) in [5.74, 6) is -4.18. The molecule has 1 aliphatic heterocycles. The minimum Gasteiger partial charge on any atom is -0.477 e. The van der Waals surface area contributed by atoms with E-state index >= 15 is 8.78 Å². The molecule has 7 nitrogen and oxygen atoms in total. The van der Waals surface area contributed by atoms with E-state index in [-0.39, 0.29) is 31.2 Å². The van der Waals surface area contributed by atoms with Crippen LogP contribution >= 0.6 is 0 Å². The summed E-state index contributed by atoms with van der Waals surface area (Å²) >= 11 is 0. The van der Waals surface area contributed by atoms with Crippen molar-refractivity contribution < 1.29 is 23.1 Å². The molecule has 2 aliphatic rings. The smallest absolute Gasteiger partial charge is 0.341 e. The van der Waals surface area contributed by atoms with Crippen LogP contribution in [-0.4, -0.2) is 35.3 Å². The molecule has 1 saturated carbocycles. The Kier molecular flexibility index (Phi) is 4.97. The Morgan fingerprint density at radius 3 is 2.57 bits per heavy atom. The molecule has 1 saturated heterocycles. The summed E-state index contributed by atoms with van der Waals surface area (Å²) in [6.45, 7) is -0.0864. The molecule has 1 aromatic heterocycles. The van der Waals surface area contributed by atoms with E-state index in [9.17, 15) is 19.1 Å². The van der Waals surface area contributed by atoms with Gasteiger partial charge in [-0.15, -0.1) is 0 Å². The first-order valence-electron chi connectivity index (χ1n) is 9.66. The number of carbonyl (C=O) groups is 1. The lowest BCUT2D eigenvalue weighted by atomic mass is 10.0. The summed E-state index contributed by atoms with van der Waals surface area (Å²) in [7, 11) is 0. The second-order valence-corrected chi connectivity index (χ2v) is 7.67. The number of benzene rings is 1. The van der Waals surface area contributed by atoms with Crippen molar-refractivity contribution in [2.24, 2.45) is 5.73 Å². The van der Waals surface area contributed by atoms with Gasteiger partial charge in [0.25, 0.3) is 0 Å². The standard InChI is InChI=1S/C20H21F3N4O3/c21-12(6-24)9-2-1-5-26(7-9)18-14(22)16(25)13-17(15(18)23)27(10-3-4-10)8-11(19(13)28)20(29)30/h8,10H,1-7,24-25H2,(H,29,30)/b12-9+. The van der Waals surface area contributed by atoms with Crippen LogP contribution in [0.4, 0.5) is 24.5 Å². The van der Waals surface area contributed by atoms with E-state index in [2.05, 4.69) is 0 Å². The van der Waals surface area contributed by atoms with Crippen LogP contribution in [0.25, 0.3) is 10.9 Å². The first kappa shape index (κ1) is 20.3. The third-order valence-corrected chi connectivity index (χ3v) is 5.70. The average Bonchev–Trinajstić information content (AvgIpc) is 3.56. The van der Waals surface area contributed by atoms with Gasteiger partial charge in [-0.05, 0) is 31.3 Å². The summed E-state index contributed by atoms with van der Waals surface area (Å²) in [6, 6.07) is -0.204. The van der Waals surface area contributed by atoms with Gasteiger partial charge < -0.3 is 26.0 Å². The molecule has 0 amide bonds. The van der Waals surface area contributed by atoms with Crippen LogP contribution in [0.5, 0.6) is 0 Å². The third kappa shape index (κ3) is 3.11. The molecule has 1 aliphatic carbocycles. The van der Waals surface area contributed by atoms with Gasteiger partial charge in [-0.1, -0.05) is 0 Å². The van der Waals surface area contributed by atoms with Gasteiger partial charge >= 0.3 is 5.97 Å². The first-order chi connectivity index (χ1) is 14.3. The van der Waals surface area contributed by atoms with Gasteiger partial charge in [0, 0.05) is 31.9 Å². The zero-order valence-corrected chi connectivity index (χ0v) is 16.1. The van der Waals surface area contributed by atoms with Gasteiger partial charge in [0.2, 0.25) is 5.43 Å². The number of nitrogens with two attached hydrogens (primary N) is 2. The number of nitrogens with zero attached hydrogens (tertiary/aromatic N) is 2. The number of anilines is 2.